The highest BCUT2D eigenvalue weighted by Crippen LogP contribution is 2.29. The van der Waals surface area contributed by atoms with Gasteiger partial charge < -0.3 is 29.1 Å². The molecule has 12 heteroatoms. The number of carbonyl (C=O) groups excluding carboxylic acids is 2. The predicted molar refractivity (Wildman–Crippen MR) is 139 cm³/mol. The number of piperazine rings is 2. The molecule has 182 valence electrons. The fraction of sp³-hybridized carbons (Fsp3) is 0.800. The molecule has 0 unspecified atom stereocenters. The molecule has 0 aromatic rings. The molecule has 0 aromatic heterocycles. The van der Waals surface area contributed by atoms with E-state index < -0.39 is 11.2 Å². The third kappa shape index (κ3) is 9.11. The normalized spacial score (nSPS) is 17.8. The minimum Gasteiger partial charge on any atom is -0.444 e. The molecule has 8 nitrogen and oxygen atoms in total. The summed E-state index contributed by atoms with van der Waals surface area (Å²) in [5.74, 6) is 0. The van der Waals surface area contributed by atoms with E-state index in [2.05, 4.69) is 9.80 Å². The molecule has 2 aliphatic rings. The van der Waals surface area contributed by atoms with Gasteiger partial charge in [-0.25, -0.2) is 9.59 Å². The van der Waals surface area contributed by atoms with Crippen molar-refractivity contribution in [2.45, 2.75) is 52.7 Å². The Morgan fingerprint density at radius 3 is 1.09 bits per heavy atom. The number of ether oxygens (including phenoxy) is 2. The SMILES string of the molecule is CC(C)(C)OC(=O)N1CCN(C(=S)SSC(=S)N2CCN(C(=O)OC(C)(C)C)CC2)CC1. The van der Waals surface area contributed by atoms with Crippen molar-refractivity contribution in [1.29, 1.82) is 0 Å². The summed E-state index contributed by atoms with van der Waals surface area (Å²) in [5, 5.41) is 0. The van der Waals surface area contributed by atoms with Gasteiger partial charge in [0, 0.05) is 52.4 Å². The Balaban J connectivity index is 1.69. The van der Waals surface area contributed by atoms with E-state index >= 15 is 0 Å². The van der Waals surface area contributed by atoms with Crippen LogP contribution in [0.5, 0.6) is 0 Å². The predicted octanol–water partition coefficient (Wildman–Crippen LogP) is 4.04. The molecule has 0 saturated carbocycles. The average molecular weight is 523 g/mol. The van der Waals surface area contributed by atoms with Gasteiger partial charge >= 0.3 is 12.2 Å². The number of thiocarbonyl (C=S) groups is 2. The summed E-state index contributed by atoms with van der Waals surface area (Å²) in [5.41, 5.74) is -0.992. The average Bonchev–Trinajstić information content (AvgIpc) is 2.69. The van der Waals surface area contributed by atoms with Crippen LogP contribution >= 0.6 is 46.0 Å². The molecule has 0 spiro atoms. The minimum absolute atomic E-state index is 0.281. The molecular weight excluding hydrogens is 489 g/mol. The van der Waals surface area contributed by atoms with Crippen molar-refractivity contribution in [1.82, 2.24) is 19.6 Å². The van der Waals surface area contributed by atoms with Crippen LogP contribution < -0.4 is 0 Å². The lowest BCUT2D eigenvalue weighted by molar-refractivity contribution is 0.0180. The van der Waals surface area contributed by atoms with Crippen molar-refractivity contribution in [3.8, 4) is 0 Å². The molecule has 2 rings (SSSR count). The summed E-state index contributed by atoms with van der Waals surface area (Å²) >= 11 is 11.1. The van der Waals surface area contributed by atoms with Crippen molar-refractivity contribution in [2.24, 2.45) is 0 Å². The molecule has 0 bridgehead atoms. The van der Waals surface area contributed by atoms with E-state index in [1.807, 2.05) is 41.5 Å². The van der Waals surface area contributed by atoms with Crippen molar-refractivity contribution in [3.63, 3.8) is 0 Å². The van der Waals surface area contributed by atoms with E-state index in [9.17, 15) is 9.59 Å². The standard InChI is InChI=1S/C20H34N4O4S4/c1-19(2,3)27-15(25)21-7-11-23(12-8-21)17(29)31-32-18(30)24-13-9-22(10-14-24)16(26)28-20(4,5)6/h7-14H2,1-6H3. The van der Waals surface area contributed by atoms with Crippen LogP contribution in [0.3, 0.4) is 0 Å². The Hall–Kier alpha value is -0.980. The topological polar surface area (TPSA) is 65.6 Å². The molecule has 0 N–H and O–H groups in total. The first-order chi connectivity index (χ1) is 14.7. The fourth-order valence-corrected chi connectivity index (χ4v) is 5.73. The van der Waals surface area contributed by atoms with Gasteiger partial charge in [0.05, 0.1) is 0 Å². The molecule has 2 aliphatic heterocycles. The first kappa shape index (κ1) is 27.3. The molecule has 32 heavy (non-hydrogen) atoms. The molecule has 2 amide bonds. The Morgan fingerprint density at radius 1 is 0.594 bits per heavy atom. The van der Waals surface area contributed by atoms with Crippen LogP contribution in [0.1, 0.15) is 41.5 Å². The summed E-state index contributed by atoms with van der Waals surface area (Å²) < 4.78 is 12.4. The maximum atomic E-state index is 12.2. The maximum absolute atomic E-state index is 12.2. The van der Waals surface area contributed by atoms with E-state index in [4.69, 9.17) is 33.9 Å². The van der Waals surface area contributed by atoms with Crippen molar-refractivity contribution < 1.29 is 19.1 Å². The van der Waals surface area contributed by atoms with Crippen LogP contribution in [0.4, 0.5) is 9.59 Å². The Bertz CT molecular complexity index is 647. The summed E-state index contributed by atoms with van der Waals surface area (Å²) in [6, 6.07) is 0. The second kappa shape index (κ2) is 11.4. The van der Waals surface area contributed by atoms with Gasteiger partial charge in [0.15, 0.2) is 0 Å². The van der Waals surface area contributed by atoms with Gasteiger partial charge in [-0.3, -0.25) is 0 Å². The molecule has 2 fully saturated rings. The molecular formula is C20H34N4O4S4. The highest BCUT2D eigenvalue weighted by Gasteiger charge is 2.29. The van der Waals surface area contributed by atoms with E-state index in [1.54, 1.807) is 9.80 Å². The lowest BCUT2D eigenvalue weighted by Gasteiger charge is -2.37. The zero-order valence-electron chi connectivity index (χ0n) is 19.7. The van der Waals surface area contributed by atoms with Crippen molar-refractivity contribution >= 4 is 66.9 Å². The van der Waals surface area contributed by atoms with Gasteiger partial charge in [0.1, 0.15) is 19.8 Å². The molecule has 0 aromatic carbocycles. The molecule has 0 aliphatic carbocycles. The Morgan fingerprint density at radius 2 is 0.844 bits per heavy atom. The molecule has 2 heterocycles. The lowest BCUT2D eigenvalue weighted by Crippen LogP contribution is -2.51. The summed E-state index contributed by atoms with van der Waals surface area (Å²) in [4.78, 5) is 32.0. The van der Waals surface area contributed by atoms with E-state index in [0.29, 0.717) is 52.4 Å². The first-order valence-electron chi connectivity index (χ1n) is 10.6. The van der Waals surface area contributed by atoms with Crippen molar-refractivity contribution in [3.05, 3.63) is 0 Å². The fourth-order valence-electron chi connectivity index (χ4n) is 2.97. The maximum Gasteiger partial charge on any atom is 0.410 e. The van der Waals surface area contributed by atoms with Crippen LogP contribution in [0.25, 0.3) is 0 Å². The van der Waals surface area contributed by atoms with E-state index in [0.717, 1.165) is 8.64 Å². The number of hydrogen-bond acceptors (Lipinski definition) is 8. The Kier molecular flexibility index (Phi) is 9.74. The van der Waals surface area contributed by atoms with Crippen LogP contribution in [0, 0.1) is 0 Å². The van der Waals surface area contributed by atoms with Gasteiger partial charge in [-0.1, -0.05) is 24.4 Å². The molecule has 0 radical (unpaired) electrons. The number of amides is 2. The zero-order valence-corrected chi connectivity index (χ0v) is 23.0. The summed E-state index contributed by atoms with van der Waals surface area (Å²) in [7, 11) is 2.94. The van der Waals surface area contributed by atoms with E-state index in [1.165, 1.54) is 21.6 Å². The van der Waals surface area contributed by atoms with Crippen LogP contribution in [-0.2, 0) is 9.47 Å². The minimum atomic E-state index is -0.496. The number of rotatable bonds is 0. The van der Waals surface area contributed by atoms with Gasteiger partial charge in [-0.15, -0.1) is 0 Å². The van der Waals surface area contributed by atoms with Crippen LogP contribution in [-0.4, -0.2) is 104 Å². The van der Waals surface area contributed by atoms with Gasteiger partial charge in [-0.2, -0.15) is 0 Å². The second-order valence-corrected chi connectivity index (χ2v) is 13.0. The largest absolute Gasteiger partial charge is 0.444 e. The van der Waals surface area contributed by atoms with Gasteiger partial charge in [0.25, 0.3) is 0 Å². The first-order valence-corrected chi connectivity index (χ1v) is 13.6. The summed E-state index contributed by atoms with van der Waals surface area (Å²) in [6.07, 6.45) is -0.561. The third-order valence-corrected chi connectivity index (χ3v) is 8.29. The summed E-state index contributed by atoms with van der Waals surface area (Å²) in [6.45, 7) is 16.2. The molecule has 0 atom stereocenters. The Labute approximate surface area is 210 Å². The highest BCUT2D eigenvalue weighted by molar-refractivity contribution is 8.89. The number of carbonyl (C=O) groups is 2. The third-order valence-electron chi connectivity index (χ3n) is 4.56. The van der Waals surface area contributed by atoms with Gasteiger partial charge in [0.2, 0.25) is 0 Å². The van der Waals surface area contributed by atoms with E-state index in [-0.39, 0.29) is 12.2 Å². The van der Waals surface area contributed by atoms with Crippen LogP contribution in [0.2, 0.25) is 0 Å². The molecule has 2 saturated heterocycles. The zero-order chi connectivity index (χ0) is 24.1. The smallest absolute Gasteiger partial charge is 0.410 e. The quantitative estimate of drug-likeness (QED) is 0.344. The number of nitrogens with zero attached hydrogens (tertiary/aromatic N) is 4. The monoisotopic (exact) mass is 522 g/mol. The van der Waals surface area contributed by atoms with Gasteiger partial charge in [-0.05, 0) is 63.1 Å². The van der Waals surface area contributed by atoms with Crippen LogP contribution in [0.15, 0.2) is 0 Å². The lowest BCUT2D eigenvalue weighted by atomic mass is 10.2. The second-order valence-electron chi connectivity index (χ2n) is 9.61. The van der Waals surface area contributed by atoms with Crippen molar-refractivity contribution in [2.75, 3.05) is 52.4 Å². The highest BCUT2D eigenvalue weighted by atomic mass is 33.1. The number of hydrogen-bond donors (Lipinski definition) is 0.